The molecule has 0 bridgehead atoms. The molecule has 0 N–H and O–H groups in total. The molecular weight excluding hydrogens is 957 g/mol. The molecule has 4 amide bonds. The van der Waals surface area contributed by atoms with E-state index in [-0.39, 0.29) is 42.2 Å². The van der Waals surface area contributed by atoms with E-state index in [2.05, 4.69) is 46.6 Å². The predicted octanol–water partition coefficient (Wildman–Crippen LogP) is 16.0. The third-order valence-electron chi connectivity index (χ3n) is 15.6. The summed E-state index contributed by atoms with van der Waals surface area (Å²) in [6.07, 6.45) is 24.9. The van der Waals surface area contributed by atoms with Gasteiger partial charge in [-0.05, 0) is 115 Å². The average molecular weight is 1040 g/mol. The van der Waals surface area contributed by atoms with Crippen LogP contribution in [0.1, 0.15) is 203 Å². The summed E-state index contributed by atoms with van der Waals surface area (Å²) in [4.78, 5) is 73.1. The Labute approximate surface area is 443 Å². The van der Waals surface area contributed by atoms with E-state index in [1.165, 1.54) is 94.8 Å². The Kier molecular flexibility index (Phi) is 20.3. The van der Waals surface area contributed by atoms with Gasteiger partial charge in [0.1, 0.15) is 0 Å². The molecule has 400 valence electrons. The van der Waals surface area contributed by atoms with E-state index in [0.29, 0.717) is 71.3 Å². The number of amides is 4. The van der Waals surface area contributed by atoms with Crippen LogP contribution in [-0.4, -0.2) is 88.4 Å². The topological polar surface area (TPSA) is 120 Å². The second-order valence-corrected chi connectivity index (χ2v) is 31.8. The quantitative estimate of drug-likeness (QED) is 0.00760. The number of carbonyl (C=O) groups is 5. The van der Waals surface area contributed by atoms with Crippen LogP contribution in [-0.2, 0) is 18.4 Å². The van der Waals surface area contributed by atoms with Crippen LogP contribution in [0.15, 0.2) is 60.7 Å². The fourth-order valence-electron chi connectivity index (χ4n) is 12.0. The van der Waals surface area contributed by atoms with Gasteiger partial charge >= 0.3 is 5.97 Å². The van der Waals surface area contributed by atoms with Crippen molar-refractivity contribution in [1.82, 2.24) is 9.80 Å². The minimum absolute atomic E-state index is 0.142. The lowest BCUT2D eigenvalue weighted by atomic mass is 9.82. The summed E-state index contributed by atoms with van der Waals surface area (Å²) >= 11 is 0. The Morgan fingerprint density at radius 1 is 0.486 bits per heavy atom. The largest absolute Gasteiger partial charge is 0.462 e. The molecule has 0 spiro atoms. The highest BCUT2D eigenvalue weighted by atomic mass is 28.4. The van der Waals surface area contributed by atoms with E-state index in [1.54, 1.807) is 11.8 Å². The van der Waals surface area contributed by atoms with Crippen molar-refractivity contribution in [1.29, 1.82) is 0 Å². The number of nitrogens with zero attached hydrogens (tertiary/aromatic N) is 2. The molecule has 10 nitrogen and oxygen atoms in total. The summed E-state index contributed by atoms with van der Waals surface area (Å²) < 4.78 is 18.0. The number of rotatable bonds is 34. The molecule has 12 heteroatoms. The van der Waals surface area contributed by atoms with Crippen LogP contribution in [0.5, 0.6) is 0 Å². The van der Waals surface area contributed by atoms with Crippen LogP contribution >= 0.6 is 0 Å². The van der Waals surface area contributed by atoms with Gasteiger partial charge in [-0.15, -0.1) is 0 Å². The third-order valence-corrected chi connectivity index (χ3v) is 24.4. The zero-order valence-corrected chi connectivity index (χ0v) is 48.2. The predicted molar refractivity (Wildman–Crippen MR) is 308 cm³/mol. The molecule has 0 aliphatic carbocycles. The van der Waals surface area contributed by atoms with Gasteiger partial charge in [0.05, 0.1) is 6.61 Å². The summed E-state index contributed by atoms with van der Waals surface area (Å²) in [6, 6.07) is 15.4. The number of carbonyl (C=O) groups excluding carboxylic acids is 5. The molecule has 74 heavy (non-hydrogen) atoms. The van der Waals surface area contributed by atoms with Crippen molar-refractivity contribution in [3.8, 4) is 0 Å². The van der Waals surface area contributed by atoms with E-state index in [9.17, 15) is 24.0 Å². The van der Waals surface area contributed by atoms with Gasteiger partial charge in [0, 0.05) is 70.8 Å². The first-order chi connectivity index (χ1) is 35.6. The number of imide groups is 2. The van der Waals surface area contributed by atoms with Crippen LogP contribution in [0.3, 0.4) is 0 Å². The molecule has 0 unspecified atom stereocenters. The van der Waals surface area contributed by atoms with Gasteiger partial charge in [0.15, 0.2) is 16.6 Å². The fraction of sp³-hybridized carbons (Fsp3) is 0.565. The Morgan fingerprint density at radius 2 is 0.851 bits per heavy atom. The van der Waals surface area contributed by atoms with Gasteiger partial charge in [-0.2, -0.15) is 0 Å². The van der Waals surface area contributed by atoms with Crippen molar-refractivity contribution < 1.29 is 37.6 Å². The number of hydrogen-bond acceptors (Lipinski definition) is 8. The highest BCUT2D eigenvalue weighted by Crippen LogP contribution is 2.47. The van der Waals surface area contributed by atoms with Crippen LogP contribution in [0.4, 0.5) is 0 Å². The molecule has 2 heterocycles. The van der Waals surface area contributed by atoms with Gasteiger partial charge in [0.25, 0.3) is 23.6 Å². The van der Waals surface area contributed by atoms with Crippen molar-refractivity contribution in [2.75, 3.05) is 26.4 Å². The summed E-state index contributed by atoms with van der Waals surface area (Å²) in [5.41, 5.74) is 3.39. The second kappa shape index (κ2) is 26.3. The summed E-state index contributed by atoms with van der Waals surface area (Å²) in [5.74, 6) is -1.41. The normalized spacial score (nSPS) is 14.1. The number of esters is 1. The van der Waals surface area contributed by atoms with Gasteiger partial charge in [-0.3, -0.25) is 29.0 Å². The molecular formula is C62H86N2O8Si2. The van der Waals surface area contributed by atoms with Crippen molar-refractivity contribution in [2.45, 2.75) is 200 Å². The minimum atomic E-state index is -2.15. The van der Waals surface area contributed by atoms with Gasteiger partial charge in [-0.1, -0.05) is 160 Å². The second-order valence-electron chi connectivity index (χ2n) is 22.8. The molecule has 0 saturated heterocycles. The molecule has 0 aromatic heterocycles. The number of hydrogen-bond donors (Lipinski definition) is 0. The number of benzene rings is 5. The van der Waals surface area contributed by atoms with E-state index in [0.717, 1.165) is 76.5 Å². The minimum Gasteiger partial charge on any atom is -0.462 e. The lowest BCUT2D eigenvalue weighted by molar-refractivity contribution is -0.139. The van der Waals surface area contributed by atoms with Gasteiger partial charge < -0.3 is 13.6 Å². The molecule has 0 radical (unpaired) electrons. The van der Waals surface area contributed by atoms with E-state index in [4.69, 9.17) is 13.6 Å². The average Bonchev–Trinajstić information content (AvgIpc) is 3.36. The highest BCUT2D eigenvalue weighted by molar-refractivity contribution is 6.89. The van der Waals surface area contributed by atoms with E-state index < -0.39 is 16.6 Å². The monoisotopic (exact) mass is 1040 g/mol. The summed E-state index contributed by atoms with van der Waals surface area (Å²) in [6.45, 7) is 19.9. The standard InChI is InChI=1S/C62H86N2O8Si2/c1-9-11-13-15-17-19-21-23-25-29-45(30-26-24-22-20-18-16-14-12-10-2)64-60(67)52-37-33-48-46-31-35-50-56-51(36-32-47(54(46)56)49-34-38-53(61(64)68)57(52)55(48)49)59(66)63(58(50)65)39-27-41-71-73(5,6)43-74(7,8)72-42-28-40-70-62(69)44(3)4/h31-38,45H,3,9-30,39-43H2,1-2,4-8H3. The molecule has 0 saturated carbocycles. The molecule has 0 atom stereocenters. The molecule has 5 aromatic carbocycles. The lowest BCUT2D eigenvalue weighted by Crippen LogP contribution is -2.47. The van der Waals surface area contributed by atoms with E-state index in [1.807, 2.05) is 48.5 Å². The third kappa shape index (κ3) is 13.4. The Bertz CT molecular complexity index is 2660. The lowest BCUT2D eigenvalue weighted by Gasteiger charge is -2.35. The molecule has 5 aromatic rings. The van der Waals surface area contributed by atoms with Crippen molar-refractivity contribution in [2.24, 2.45) is 0 Å². The van der Waals surface area contributed by atoms with Crippen LogP contribution < -0.4 is 0 Å². The molecule has 7 rings (SSSR count). The highest BCUT2D eigenvalue weighted by Gasteiger charge is 2.40. The van der Waals surface area contributed by atoms with Crippen LogP contribution in [0.2, 0.25) is 31.9 Å². The number of ether oxygens (including phenoxy) is 1. The van der Waals surface area contributed by atoms with Crippen molar-refractivity contribution in [3.63, 3.8) is 0 Å². The Morgan fingerprint density at radius 3 is 1.24 bits per heavy atom. The SMILES string of the molecule is C=C(C)C(=O)OCCCO[Si](C)(C)C[Si](C)(C)OCCCN1C(=O)c2ccc3c4ccc5c6c(ccc(c7ccc(c2c37)C1=O)c64)C(=O)N(C(CCCCCCCCCCC)CCCCCCCCCCC)C5=O. The number of fused-ring (bicyclic) bond motifs is 2. The Balaban J connectivity index is 1.05. The first kappa shape index (κ1) is 57.0. The number of unbranched alkanes of at least 4 members (excludes halogenated alkanes) is 16. The smallest absolute Gasteiger partial charge is 0.333 e. The summed E-state index contributed by atoms with van der Waals surface area (Å²) in [5, 5.41) is 6.69. The molecule has 0 fully saturated rings. The first-order valence-corrected chi connectivity index (χ1v) is 34.9. The van der Waals surface area contributed by atoms with E-state index >= 15 is 0 Å². The summed E-state index contributed by atoms with van der Waals surface area (Å²) in [7, 11) is -4.23. The maximum atomic E-state index is 14.9. The van der Waals surface area contributed by atoms with Crippen LogP contribution in [0.25, 0.3) is 43.1 Å². The Hall–Kier alpha value is -4.76. The zero-order valence-electron chi connectivity index (χ0n) is 46.2. The van der Waals surface area contributed by atoms with Gasteiger partial charge in [0.2, 0.25) is 0 Å². The fourth-order valence-corrected chi connectivity index (χ4v) is 22.5. The zero-order chi connectivity index (χ0) is 53.0. The van der Waals surface area contributed by atoms with Gasteiger partial charge in [-0.25, -0.2) is 4.79 Å². The van der Waals surface area contributed by atoms with Crippen LogP contribution in [0, 0.1) is 0 Å². The first-order valence-electron chi connectivity index (χ1n) is 28.7. The molecule has 2 aliphatic rings. The molecule has 2 aliphatic heterocycles. The van der Waals surface area contributed by atoms with Crippen molar-refractivity contribution in [3.05, 3.63) is 82.9 Å². The maximum Gasteiger partial charge on any atom is 0.333 e. The maximum absolute atomic E-state index is 14.9. The van der Waals surface area contributed by atoms with Crippen molar-refractivity contribution >= 4 is 89.3 Å².